The number of nitro groups is 1. The van der Waals surface area contributed by atoms with Gasteiger partial charge in [0.05, 0.1) is 15.3 Å². The topological polar surface area (TPSA) is 81.0 Å². The van der Waals surface area contributed by atoms with E-state index in [9.17, 15) is 10.1 Å². The fraction of sp³-hybridized carbons (Fsp3) is 0.400. The number of anilines is 1. The summed E-state index contributed by atoms with van der Waals surface area (Å²) in [4.78, 5) is 22.2. The zero-order chi connectivity index (χ0) is 19.7. The first-order valence-corrected chi connectivity index (χ1v) is 10.7. The number of benzene rings is 1. The van der Waals surface area contributed by atoms with Crippen molar-refractivity contribution in [3.8, 4) is 0 Å². The van der Waals surface area contributed by atoms with Gasteiger partial charge in [-0.15, -0.1) is 11.3 Å². The minimum absolute atomic E-state index is 0.0828. The van der Waals surface area contributed by atoms with Crippen LogP contribution in [0, 0.1) is 17.0 Å². The largest absolute Gasteiger partial charge is 0.365 e. The molecule has 1 aromatic carbocycles. The van der Waals surface area contributed by atoms with Crippen molar-refractivity contribution >= 4 is 44.7 Å². The van der Waals surface area contributed by atoms with Gasteiger partial charge < -0.3 is 5.32 Å². The number of fused-ring (bicyclic) bond motifs is 1. The second-order valence-electron chi connectivity index (χ2n) is 7.20. The molecule has 4 rings (SSSR count). The molecule has 0 bridgehead atoms. The van der Waals surface area contributed by atoms with Crippen LogP contribution in [-0.2, 0) is 6.54 Å². The van der Waals surface area contributed by atoms with Crippen molar-refractivity contribution in [1.29, 1.82) is 0 Å². The predicted octanol–water partition coefficient (Wildman–Crippen LogP) is 6.22. The van der Waals surface area contributed by atoms with E-state index in [1.807, 2.05) is 13.0 Å². The van der Waals surface area contributed by atoms with Crippen molar-refractivity contribution in [1.82, 2.24) is 9.97 Å². The number of nitrogens with zero attached hydrogens (tertiary/aromatic N) is 3. The van der Waals surface area contributed by atoms with Gasteiger partial charge in [-0.1, -0.05) is 43.0 Å². The van der Waals surface area contributed by atoms with Gasteiger partial charge in [0.15, 0.2) is 0 Å². The Bertz CT molecular complexity index is 1030. The van der Waals surface area contributed by atoms with Crippen molar-refractivity contribution in [2.24, 2.45) is 0 Å². The average Bonchev–Trinajstić information content (AvgIpc) is 3.01. The van der Waals surface area contributed by atoms with Gasteiger partial charge in [-0.05, 0) is 25.3 Å². The molecule has 8 heteroatoms. The maximum atomic E-state index is 11.0. The SMILES string of the molecule is Cc1sc2nc(C3CCCCC3)nc(NCc3cccc([N+](=O)[O-])c3)c2c1Cl. The van der Waals surface area contributed by atoms with E-state index in [1.165, 1.54) is 25.3 Å². The molecule has 0 unspecified atom stereocenters. The summed E-state index contributed by atoms with van der Waals surface area (Å²) in [5.74, 6) is 1.98. The summed E-state index contributed by atoms with van der Waals surface area (Å²) < 4.78 is 0. The molecule has 6 nitrogen and oxygen atoms in total. The number of halogens is 1. The molecule has 1 N–H and O–H groups in total. The van der Waals surface area contributed by atoms with Crippen LogP contribution in [-0.4, -0.2) is 14.9 Å². The van der Waals surface area contributed by atoms with Crippen molar-refractivity contribution in [3.05, 3.63) is 55.7 Å². The lowest BCUT2D eigenvalue weighted by Gasteiger charge is -2.21. The molecule has 28 heavy (non-hydrogen) atoms. The lowest BCUT2D eigenvalue weighted by molar-refractivity contribution is -0.384. The Morgan fingerprint density at radius 2 is 2.07 bits per heavy atom. The summed E-state index contributed by atoms with van der Waals surface area (Å²) in [5, 5.41) is 15.9. The molecule has 0 spiro atoms. The van der Waals surface area contributed by atoms with Crippen molar-refractivity contribution in [3.63, 3.8) is 0 Å². The summed E-state index contributed by atoms with van der Waals surface area (Å²) >= 11 is 8.12. The van der Waals surface area contributed by atoms with Crippen LogP contribution in [0.1, 0.15) is 54.3 Å². The van der Waals surface area contributed by atoms with Crippen LogP contribution >= 0.6 is 22.9 Å². The number of aromatic nitrogens is 2. The molecular weight excluding hydrogens is 396 g/mol. The molecule has 0 amide bonds. The van der Waals surface area contributed by atoms with E-state index < -0.39 is 0 Å². The molecule has 3 aromatic rings. The van der Waals surface area contributed by atoms with E-state index in [4.69, 9.17) is 21.6 Å². The zero-order valence-electron chi connectivity index (χ0n) is 15.6. The van der Waals surface area contributed by atoms with E-state index in [2.05, 4.69) is 5.32 Å². The van der Waals surface area contributed by atoms with Gasteiger partial charge in [-0.25, -0.2) is 9.97 Å². The first-order valence-electron chi connectivity index (χ1n) is 9.46. The molecule has 2 aromatic heterocycles. The summed E-state index contributed by atoms with van der Waals surface area (Å²) in [5.41, 5.74) is 0.905. The van der Waals surface area contributed by atoms with Gasteiger partial charge in [0.2, 0.25) is 0 Å². The second kappa shape index (κ2) is 8.01. The molecule has 2 heterocycles. The highest BCUT2D eigenvalue weighted by atomic mass is 35.5. The Hall–Kier alpha value is -2.25. The molecule has 0 aliphatic heterocycles. The number of thiophene rings is 1. The Morgan fingerprint density at radius 1 is 1.29 bits per heavy atom. The van der Waals surface area contributed by atoms with Crippen LogP contribution in [0.25, 0.3) is 10.2 Å². The fourth-order valence-electron chi connectivity index (χ4n) is 3.73. The molecule has 0 saturated heterocycles. The molecule has 1 aliphatic rings. The molecule has 1 aliphatic carbocycles. The van der Waals surface area contributed by atoms with Gasteiger partial charge in [-0.3, -0.25) is 10.1 Å². The van der Waals surface area contributed by atoms with Crippen LogP contribution in [0.3, 0.4) is 0 Å². The number of hydrogen-bond donors (Lipinski definition) is 1. The maximum absolute atomic E-state index is 11.0. The minimum Gasteiger partial charge on any atom is -0.365 e. The molecule has 1 saturated carbocycles. The lowest BCUT2D eigenvalue weighted by atomic mass is 9.88. The molecule has 0 radical (unpaired) electrons. The first kappa shape index (κ1) is 19.1. The van der Waals surface area contributed by atoms with Crippen LogP contribution in [0.5, 0.6) is 0 Å². The summed E-state index contributed by atoms with van der Waals surface area (Å²) in [6.45, 7) is 2.42. The van der Waals surface area contributed by atoms with E-state index in [0.717, 1.165) is 39.3 Å². The number of rotatable bonds is 5. The van der Waals surface area contributed by atoms with Crippen molar-refractivity contribution < 1.29 is 4.92 Å². The van der Waals surface area contributed by atoms with E-state index in [-0.39, 0.29) is 10.6 Å². The monoisotopic (exact) mass is 416 g/mol. The molecule has 146 valence electrons. The van der Waals surface area contributed by atoms with Crippen molar-refractivity contribution in [2.45, 2.75) is 51.5 Å². The number of hydrogen-bond acceptors (Lipinski definition) is 6. The number of nitro benzene ring substituents is 1. The van der Waals surface area contributed by atoms with Crippen LogP contribution < -0.4 is 5.32 Å². The first-order chi connectivity index (χ1) is 13.5. The quantitative estimate of drug-likeness (QED) is 0.394. The molecular formula is C20H21ClN4O2S. The lowest BCUT2D eigenvalue weighted by Crippen LogP contribution is -2.11. The van der Waals surface area contributed by atoms with Crippen LogP contribution in [0.15, 0.2) is 24.3 Å². The van der Waals surface area contributed by atoms with E-state index in [0.29, 0.717) is 23.3 Å². The van der Waals surface area contributed by atoms with E-state index >= 15 is 0 Å². The summed E-state index contributed by atoms with van der Waals surface area (Å²) in [7, 11) is 0. The highest BCUT2D eigenvalue weighted by Crippen LogP contribution is 2.40. The molecule has 0 atom stereocenters. The third-order valence-electron chi connectivity index (χ3n) is 5.22. The predicted molar refractivity (Wildman–Crippen MR) is 113 cm³/mol. The number of nitrogens with one attached hydrogen (secondary N) is 1. The van der Waals surface area contributed by atoms with Gasteiger partial charge in [-0.2, -0.15) is 0 Å². The normalized spacial score (nSPS) is 15.1. The standard InChI is InChI=1S/C20H21ClN4O2S/c1-12-17(21)16-19(22-11-13-6-5-9-15(10-13)25(26)27)23-18(24-20(16)28-12)14-7-3-2-4-8-14/h5-6,9-10,14H,2-4,7-8,11H2,1H3,(H,22,23,24). The van der Waals surface area contributed by atoms with Crippen LogP contribution in [0.2, 0.25) is 5.02 Å². The van der Waals surface area contributed by atoms with Gasteiger partial charge in [0.1, 0.15) is 16.5 Å². The summed E-state index contributed by atoms with van der Waals surface area (Å²) in [6, 6.07) is 6.63. The maximum Gasteiger partial charge on any atom is 0.269 e. The smallest absolute Gasteiger partial charge is 0.269 e. The number of aryl methyl sites for hydroxylation is 1. The summed E-state index contributed by atoms with van der Waals surface area (Å²) in [6.07, 6.45) is 5.95. The second-order valence-corrected chi connectivity index (χ2v) is 8.78. The fourth-order valence-corrected chi connectivity index (χ4v) is 5.00. The zero-order valence-corrected chi connectivity index (χ0v) is 17.1. The molecule has 1 fully saturated rings. The van der Waals surface area contributed by atoms with E-state index in [1.54, 1.807) is 23.5 Å². The Morgan fingerprint density at radius 3 is 2.82 bits per heavy atom. The van der Waals surface area contributed by atoms with Crippen LogP contribution in [0.4, 0.5) is 11.5 Å². The highest BCUT2D eigenvalue weighted by molar-refractivity contribution is 7.19. The van der Waals surface area contributed by atoms with Gasteiger partial charge in [0, 0.05) is 29.5 Å². The third-order valence-corrected chi connectivity index (χ3v) is 6.81. The van der Waals surface area contributed by atoms with Gasteiger partial charge in [0.25, 0.3) is 5.69 Å². The average molecular weight is 417 g/mol. The van der Waals surface area contributed by atoms with Crippen molar-refractivity contribution in [2.75, 3.05) is 5.32 Å². The highest BCUT2D eigenvalue weighted by Gasteiger charge is 2.22. The number of non-ortho nitro benzene ring substituents is 1. The Kier molecular flexibility index (Phi) is 5.46. The Labute approximate surface area is 172 Å². The third kappa shape index (κ3) is 3.82. The van der Waals surface area contributed by atoms with Gasteiger partial charge >= 0.3 is 0 Å². The Balaban J connectivity index is 1.68. The minimum atomic E-state index is -0.382.